The SMILES string of the molecule is CCOC(C)OCC.COc1ccc(C=O)c(OC)c1. The maximum absolute atomic E-state index is 10.5. The van der Waals surface area contributed by atoms with Gasteiger partial charge < -0.3 is 18.9 Å². The third-order valence-electron chi connectivity index (χ3n) is 2.37. The maximum atomic E-state index is 10.5. The molecule has 0 amide bonds. The second-order valence-corrected chi connectivity index (χ2v) is 3.70. The van der Waals surface area contributed by atoms with E-state index in [2.05, 4.69) is 0 Å². The van der Waals surface area contributed by atoms with Crippen LogP contribution in [-0.4, -0.2) is 40.0 Å². The Hall–Kier alpha value is -1.59. The van der Waals surface area contributed by atoms with E-state index in [0.717, 1.165) is 19.5 Å². The summed E-state index contributed by atoms with van der Waals surface area (Å²) >= 11 is 0. The lowest BCUT2D eigenvalue weighted by molar-refractivity contribution is -0.123. The van der Waals surface area contributed by atoms with Crippen molar-refractivity contribution in [3.8, 4) is 11.5 Å². The maximum Gasteiger partial charge on any atom is 0.154 e. The molecular formula is C15H24O5. The molecule has 0 N–H and O–H groups in total. The van der Waals surface area contributed by atoms with Gasteiger partial charge in [0, 0.05) is 19.3 Å². The predicted molar refractivity (Wildman–Crippen MR) is 77.6 cm³/mol. The van der Waals surface area contributed by atoms with Gasteiger partial charge in [-0.2, -0.15) is 0 Å². The van der Waals surface area contributed by atoms with Gasteiger partial charge in [-0.3, -0.25) is 4.79 Å². The molecular weight excluding hydrogens is 260 g/mol. The van der Waals surface area contributed by atoms with Crippen molar-refractivity contribution in [1.29, 1.82) is 0 Å². The molecule has 1 aromatic rings. The highest BCUT2D eigenvalue weighted by Crippen LogP contribution is 2.22. The molecule has 0 saturated heterocycles. The summed E-state index contributed by atoms with van der Waals surface area (Å²) in [6, 6.07) is 5.04. The zero-order valence-electron chi connectivity index (χ0n) is 12.8. The Bertz CT molecular complexity index is 373. The van der Waals surface area contributed by atoms with Gasteiger partial charge in [-0.05, 0) is 32.9 Å². The van der Waals surface area contributed by atoms with Crippen LogP contribution in [0.25, 0.3) is 0 Å². The fourth-order valence-electron chi connectivity index (χ4n) is 1.43. The minimum Gasteiger partial charge on any atom is -0.497 e. The van der Waals surface area contributed by atoms with Gasteiger partial charge in [0.15, 0.2) is 12.6 Å². The highest BCUT2D eigenvalue weighted by atomic mass is 16.7. The Morgan fingerprint density at radius 3 is 2.10 bits per heavy atom. The van der Waals surface area contributed by atoms with E-state index < -0.39 is 0 Å². The van der Waals surface area contributed by atoms with Gasteiger partial charge in [0.25, 0.3) is 0 Å². The number of rotatable bonds is 7. The summed E-state index contributed by atoms with van der Waals surface area (Å²) in [7, 11) is 3.08. The Kier molecular flexibility index (Phi) is 10.4. The first-order chi connectivity index (χ1) is 9.62. The lowest BCUT2D eigenvalue weighted by atomic mass is 10.2. The molecule has 0 atom stereocenters. The number of methoxy groups -OCH3 is 2. The van der Waals surface area contributed by atoms with Crippen molar-refractivity contribution >= 4 is 6.29 Å². The summed E-state index contributed by atoms with van der Waals surface area (Å²) in [6.45, 7) is 7.25. The van der Waals surface area contributed by atoms with Crippen LogP contribution >= 0.6 is 0 Å². The van der Waals surface area contributed by atoms with Crippen molar-refractivity contribution < 1.29 is 23.7 Å². The van der Waals surface area contributed by atoms with Gasteiger partial charge in [-0.15, -0.1) is 0 Å². The molecule has 0 aromatic heterocycles. The van der Waals surface area contributed by atoms with E-state index in [1.54, 1.807) is 25.3 Å². The molecule has 0 aliphatic rings. The summed E-state index contributed by atoms with van der Waals surface area (Å²) in [5, 5.41) is 0. The molecule has 5 nitrogen and oxygen atoms in total. The summed E-state index contributed by atoms with van der Waals surface area (Å²) in [5.74, 6) is 1.21. The van der Waals surface area contributed by atoms with Crippen LogP contribution in [0.1, 0.15) is 31.1 Å². The first-order valence-electron chi connectivity index (χ1n) is 6.53. The Balaban J connectivity index is 0.000000396. The molecule has 0 spiro atoms. The van der Waals surface area contributed by atoms with E-state index in [-0.39, 0.29) is 6.29 Å². The Morgan fingerprint density at radius 2 is 1.70 bits per heavy atom. The third-order valence-corrected chi connectivity index (χ3v) is 2.37. The van der Waals surface area contributed by atoms with Crippen LogP contribution in [0.5, 0.6) is 11.5 Å². The second-order valence-electron chi connectivity index (χ2n) is 3.70. The zero-order chi connectivity index (χ0) is 15.4. The minimum absolute atomic E-state index is 0.0370. The van der Waals surface area contributed by atoms with E-state index in [0.29, 0.717) is 17.1 Å². The number of benzene rings is 1. The highest BCUT2D eigenvalue weighted by molar-refractivity contribution is 5.79. The lowest BCUT2D eigenvalue weighted by Crippen LogP contribution is -2.11. The standard InChI is InChI=1S/C9H10O3.C6H14O2/c1-11-8-4-3-7(6-10)9(5-8)12-2;1-4-7-6(3)8-5-2/h3-6H,1-2H3;6H,4-5H2,1-3H3. The van der Waals surface area contributed by atoms with Gasteiger partial charge in [0.1, 0.15) is 11.5 Å². The molecule has 0 radical (unpaired) electrons. The zero-order valence-corrected chi connectivity index (χ0v) is 12.8. The molecule has 20 heavy (non-hydrogen) atoms. The summed E-state index contributed by atoms with van der Waals surface area (Å²) in [5.41, 5.74) is 0.526. The first-order valence-corrected chi connectivity index (χ1v) is 6.53. The lowest BCUT2D eigenvalue weighted by Gasteiger charge is -2.09. The average molecular weight is 284 g/mol. The summed E-state index contributed by atoms with van der Waals surface area (Å²) < 4.78 is 20.0. The number of carbonyl (C=O) groups excluding carboxylic acids is 1. The second kappa shape index (κ2) is 11.3. The first kappa shape index (κ1) is 18.4. The monoisotopic (exact) mass is 284 g/mol. The molecule has 0 saturated carbocycles. The Morgan fingerprint density at radius 1 is 1.10 bits per heavy atom. The van der Waals surface area contributed by atoms with Crippen molar-refractivity contribution in [2.75, 3.05) is 27.4 Å². The van der Waals surface area contributed by atoms with Crippen molar-refractivity contribution in [3.05, 3.63) is 23.8 Å². The molecule has 0 aliphatic heterocycles. The normalized spacial score (nSPS) is 9.70. The predicted octanol–water partition coefficient (Wildman–Crippen LogP) is 2.92. The number of carbonyl (C=O) groups is 1. The van der Waals surface area contributed by atoms with Gasteiger partial charge in [0.05, 0.1) is 19.8 Å². The van der Waals surface area contributed by atoms with Crippen LogP contribution in [-0.2, 0) is 9.47 Å². The van der Waals surface area contributed by atoms with E-state index in [1.165, 1.54) is 7.11 Å². The summed E-state index contributed by atoms with van der Waals surface area (Å²) in [6.07, 6.45) is 0.711. The average Bonchev–Trinajstić information content (AvgIpc) is 2.47. The molecule has 1 aromatic carbocycles. The van der Waals surface area contributed by atoms with Crippen molar-refractivity contribution in [3.63, 3.8) is 0 Å². The quantitative estimate of drug-likeness (QED) is 0.569. The third kappa shape index (κ3) is 7.11. The van der Waals surface area contributed by atoms with Crippen molar-refractivity contribution in [2.24, 2.45) is 0 Å². The smallest absolute Gasteiger partial charge is 0.154 e. The van der Waals surface area contributed by atoms with E-state index in [1.807, 2.05) is 20.8 Å². The van der Waals surface area contributed by atoms with Crippen molar-refractivity contribution in [2.45, 2.75) is 27.1 Å². The van der Waals surface area contributed by atoms with E-state index in [4.69, 9.17) is 18.9 Å². The van der Waals surface area contributed by atoms with E-state index in [9.17, 15) is 4.79 Å². The van der Waals surface area contributed by atoms with E-state index >= 15 is 0 Å². The van der Waals surface area contributed by atoms with Crippen LogP contribution < -0.4 is 9.47 Å². The largest absolute Gasteiger partial charge is 0.497 e. The van der Waals surface area contributed by atoms with Gasteiger partial charge >= 0.3 is 0 Å². The highest BCUT2D eigenvalue weighted by Gasteiger charge is 2.02. The van der Waals surface area contributed by atoms with Crippen LogP contribution in [0.15, 0.2) is 18.2 Å². The topological polar surface area (TPSA) is 54.0 Å². The molecule has 1 rings (SSSR count). The molecule has 5 heteroatoms. The molecule has 0 unspecified atom stereocenters. The fourth-order valence-corrected chi connectivity index (χ4v) is 1.43. The van der Waals surface area contributed by atoms with Gasteiger partial charge in [-0.1, -0.05) is 0 Å². The number of aldehydes is 1. The molecule has 114 valence electrons. The molecule has 0 fully saturated rings. The molecule has 0 heterocycles. The van der Waals surface area contributed by atoms with Gasteiger partial charge in [0.2, 0.25) is 0 Å². The van der Waals surface area contributed by atoms with Crippen LogP contribution in [0.3, 0.4) is 0 Å². The number of hydrogen-bond acceptors (Lipinski definition) is 5. The van der Waals surface area contributed by atoms with Crippen LogP contribution in [0.4, 0.5) is 0 Å². The van der Waals surface area contributed by atoms with Crippen LogP contribution in [0, 0.1) is 0 Å². The molecule has 0 aliphatic carbocycles. The fraction of sp³-hybridized carbons (Fsp3) is 0.533. The van der Waals surface area contributed by atoms with Gasteiger partial charge in [-0.25, -0.2) is 0 Å². The summed E-state index contributed by atoms with van der Waals surface area (Å²) in [4.78, 5) is 10.5. The van der Waals surface area contributed by atoms with Crippen molar-refractivity contribution in [1.82, 2.24) is 0 Å². The number of ether oxygens (including phenoxy) is 4. The Labute approximate surface area is 120 Å². The van der Waals surface area contributed by atoms with Crippen LogP contribution in [0.2, 0.25) is 0 Å². The number of hydrogen-bond donors (Lipinski definition) is 0. The molecule has 0 bridgehead atoms. The minimum atomic E-state index is -0.0370.